The van der Waals surface area contributed by atoms with Crippen LogP contribution in [-0.4, -0.2) is 4.98 Å². The maximum atomic E-state index is 12.9. The summed E-state index contributed by atoms with van der Waals surface area (Å²) in [6.45, 7) is 1.81. The van der Waals surface area contributed by atoms with Crippen LogP contribution in [0.25, 0.3) is 10.6 Å². The molecule has 1 aromatic heterocycles. The van der Waals surface area contributed by atoms with Gasteiger partial charge >= 0.3 is 6.18 Å². The maximum Gasteiger partial charge on any atom is 0.417 e. The van der Waals surface area contributed by atoms with Crippen LogP contribution < -0.4 is 0 Å². The van der Waals surface area contributed by atoms with Gasteiger partial charge in [0.15, 0.2) is 0 Å². The van der Waals surface area contributed by atoms with Gasteiger partial charge < -0.3 is 0 Å². The summed E-state index contributed by atoms with van der Waals surface area (Å²) in [7, 11) is 0. The van der Waals surface area contributed by atoms with Crippen molar-refractivity contribution < 1.29 is 13.2 Å². The van der Waals surface area contributed by atoms with Crippen LogP contribution >= 0.6 is 27.3 Å². The highest BCUT2D eigenvalue weighted by Crippen LogP contribution is 2.39. The number of aromatic nitrogens is 1. The number of alkyl halides is 3. The Hall–Kier alpha value is -0.880. The second-order valence-electron chi connectivity index (χ2n) is 3.46. The number of hydrogen-bond donors (Lipinski definition) is 0. The molecule has 0 aliphatic rings. The fourth-order valence-corrected chi connectivity index (χ4v) is 2.58. The summed E-state index contributed by atoms with van der Waals surface area (Å²) < 4.78 is 39.0. The third-order valence-corrected chi connectivity index (χ3v) is 3.58. The zero-order valence-electron chi connectivity index (χ0n) is 8.68. The largest absolute Gasteiger partial charge is 0.417 e. The maximum absolute atomic E-state index is 12.9. The molecule has 0 aliphatic carbocycles. The molecular weight excluding hydrogens is 315 g/mol. The van der Waals surface area contributed by atoms with Gasteiger partial charge in [0.2, 0.25) is 0 Å². The molecule has 6 heteroatoms. The fraction of sp³-hybridized carbons (Fsp3) is 0.182. The van der Waals surface area contributed by atoms with Crippen molar-refractivity contribution in [3.05, 3.63) is 39.3 Å². The first-order valence-electron chi connectivity index (χ1n) is 4.67. The highest BCUT2D eigenvalue weighted by molar-refractivity contribution is 9.10. The molecule has 0 amide bonds. The van der Waals surface area contributed by atoms with Crippen LogP contribution in [0.4, 0.5) is 13.2 Å². The Morgan fingerprint density at radius 2 is 2.00 bits per heavy atom. The third kappa shape index (κ3) is 2.69. The SMILES string of the molecule is Cc1cnc(-c2ccc(Br)cc2C(F)(F)F)s1. The minimum absolute atomic E-state index is 0.124. The van der Waals surface area contributed by atoms with Crippen LogP contribution in [0.3, 0.4) is 0 Å². The summed E-state index contributed by atoms with van der Waals surface area (Å²) >= 11 is 4.30. The van der Waals surface area contributed by atoms with Crippen LogP contribution in [0.2, 0.25) is 0 Å². The summed E-state index contributed by atoms with van der Waals surface area (Å²) in [6.07, 6.45) is -2.80. The normalized spacial score (nSPS) is 11.8. The Labute approximate surface area is 108 Å². The highest BCUT2D eigenvalue weighted by Gasteiger charge is 2.34. The molecule has 0 fully saturated rings. The minimum Gasteiger partial charge on any atom is -0.244 e. The summed E-state index contributed by atoms with van der Waals surface area (Å²) in [5.74, 6) is 0. The standard InChI is InChI=1S/C11H7BrF3NS/c1-6-5-16-10(17-6)8-3-2-7(12)4-9(8)11(13,14)15/h2-5H,1H3. The van der Waals surface area contributed by atoms with Crippen molar-refractivity contribution >= 4 is 27.3 Å². The van der Waals surface area contributed by atoms with E-state index < -0.39 is 11.7 Å². The highest BCUT2D eigenvalue weighted by atomic mass is 79.9. The van der Waals surface area contributed by atoms with Gasteiger partial charge in [0.1, 0.15) is 5.01 Å². The predicted octanol–water partition coefficient (Wildman–Crippen LogP) is 4.90. The number of halogens is 4. The van der Waals surface area contributed by atoms with E-state index in [4.69, 9.17) is 0 Å². The van der Waals surface area contributed by atoms with Crippen LogP contribution in [0.1, 0.15) is 10.4 Å². The molecule has 90 valence electrons. The lowest BCUT2D eigenvalue weighted by Gasteiger charge is -2.11. The van der Waals surface area contributed by atoms with Crippen molar-refractivity contribution in [3.63, 3.8) is 0 Å². The van der Waals surface area contributed by atoms with Crippen molar-refractivity contribution in [1.29, 1.82) is 0 Å². The van der Waals surface area contributed by atoms with E-state index in [9.17, 15) is 13.2 Å². The first-order valence-corrected chi connectivity index (χ1v) is 6.28. The Morgan fingerprint density at radius 3 is 2.53 bits per heavy atom. The molecule has 0 unspecified atom stereocenters. The lowest BCUT2D eigenvalue weighted by atomic mass is 10.1. The van der Waals surface area contributed by atoms with E-state index >= 15 is 0 Å². The van der Waals surface area contributed by atoms with Gasteiger partial charge in [-0.1, -0.05) is 22.0 Å². The van der Waals surface area contributed by atoms with Gasteiger partial charge in [-0.25, -0.2) is 4.98 Å². The van der Waals surface area contributed by atoms with Crippen molar-refractivity contribution in [2.75, 3.05) is 0 Å². The summed E-state index contributed by atoms with van der Waals surface area (Å²) in [6, 6.07) is 4.10. The molecule has 0 saturated heterocycles. The zero-order chi connectivity index (χ0) is 12.6. The zero-order valence-corrected chi connectivity index (χ0v) is 11.1. The average molecular weight is 322 g/mol. The van der Waals surface area contributed by atoms with E-state index in [-0.39, 0.29) is 5.56 Å². The number of nitrogens with zero attached hydrogens (tertiary/aromatic N) is 1. The Kier molecular flexibility index (Phi) is 3.27. The Bertz CT molecular complexity index is 548. The number of aryl methyl sites for hydroxylation is 1. The number of hydrogen-bond acceptors (Lipinski definition) is 2. The summed E-state index contributed by atoms with van der Waals surface area (Å²) in [4.78, 5) is 4.88. The topological polar surface area (TPSA) is 12.9 Å². The van der Waals surface area contributed by atoms with Gasteiger partial charge in [0.25, 0.3) is 0 Å². The first kappa shape index (κ1) is 12.6. The van der Waals surface area contributed by atoms with Gasteiger partial charge in [-0.15, -0.1) is 11.3 Å². The van der Waals surface area contributed by atoms with Gasteiger partial charge in [-0.2, -0.15) is 13.2 Å². The number of benzene rings is 1. The molecule has 1 nitrogen and oxygen atoms in total. The first-order chi connectivity index (χ1) is 7.88. The van der Waals surface area contributed by atoms with E-state index in [1.807, 2.05) is 6.92 Å². The number of rotatable bonds is 1. The Morgan fingerprint density at radius 1 is 1.29 bits per heavy atom. The van der Waals surface area contributed by atoms with E-state index in [0.29, 0.717) is 9.48 Å². The van der Waals surface area contributed by atoms with Crippen molar-refractivity contribution in [3.8, 4) is 10.6 Å². The average Bonchev–Trinajstić information content (AvgIpc) is 2.63. The van der Waals surface area contributed by atoms with Gasteiger partial charge in [-0.05, 0) is 19.1 Å². The van der Waals surface area contributed by atoms with E-state index in [0.717, 1.165) is 10.9 Å². The van der Waals surface area contributed by atoms with Crippen molar-refractivity contribution in [1.82, 2.24) is 4.98 Å². The number of thiazole rings is 1. The quantitative estimate of drug-likeness (QED) is 0.728. The monoisotopic (exact) mass is 321 g/mol. The lowest BCUT2D eigenvalue weighted by Crippen LogP contribution is -2.07. The summed E-state index contributed by atoms with van der Waals surface area (Å²) in [5.41, 5.74) is -0.542. The molecule has 0 N–H and O–H groups in total. The molecule has 1 heterocycles. The van der Waals surface area contributed by atoms with E-state index in [1.54, 1.807) is 12.3 Å². The molecular formula is C11H7BrF3NS. The van der Waals surface area contributed by atoms with Crippen molar-refractivity contribution in [2.24, 2.45) is 0 Å². The van der Waals surface area contributed by atoms with Crippen LogP contribution in [-0.2, 0) is 6.18 Å². The lowest BCUT2D eigenvalue weighted by molar-refractivity contribution is -0.137. The molecule has 1 aromatic carbocycles. The molecule has 0 atom stereocenters. The molecule has 2 rings (SSSR count). The van der Waals surface area contributed by atoms with Crippen molar-refractivity contribution in [2.45, 2.75) is 13.1 Å². The third-order valence-electron chi connectivity index (χ3n) is 2.14. The van der Waals surface area contributed by atoms with Crippen LogP contribution in [0.5, 0.6) is 0 Å². The molecule has 2 aromatic rings. The molecule has 0 bridgehead atoms. The predicted molar refractivity (Wildman–Crippen MR) is 65.0 cm³/mol. The van der Waals surface area contributed by atoms with Crippen LogP contribution in [0, 0.1) is 6.92 Å². The molecule has 0 spiro atoms. The van der Waals surface area contributed by atoms with Gasteiger partial charge in [-0.3, -0.25) is 0 Å². The fourth-order valence-electron chi connectivity index (χ4n) is 1.42. The smallest absolute Gasteiger partial charge is 0.244 e. The second-order valence-corrected chi connectivity index (χ2v) is 5.61. The summed E-state index contributed by atoms with van der Waals surface area (Å²) in [5, 5.41) is 0.391. The van der Waals surface area contributed by atoms with Gasteiger partial charge in [0, 0.05) is 21.1 Å². The second kappa shape index (κ2) is 4.42. The minimum atomic E-state index is -4.38. The Balaban J connectivity index is 2.61. The van der Waals surface area contributed by atoms with E-state index in [1.165, 1.54) is 17.4 Å². The van der Waals surface area contributed by atoms with Crippen LogP contribution in [0.15, 0.2) is 28.9 Å². The molecule has 17 heavy (non-hydrogen) atoms. The van der Waals surface area contributed by atoms with E-state index in [2.05, 4.69) is 20.9 Å². The molecule has 0 radical (unpaired) electrons. The molecule has 0 saturated carbocycles. The molecule has 0 aliphatic heterocycles. The van der Waals surface area contributed by atoms with Gasteiger partial charge in [0.05, 0.1) is 5.56 Å².